The number of ether oxygens (including phenoxy) is 1. The zero-order valence-electron chi connectivity index (χ0n) is 18.5. The van der Waals surface area contributed by atoms with Crippen molar-refractivity contribution < 1.29 is 22.7 Å². The molecule has 0 saturated carbocycles. The summed E-state index contributed by atoms with van der Waals surface area (Å²) in [5.74, 6) is -0.0598. The number of nitrogens with one attached hydrogen (secondary N) is 1. The Morgan fingerprint density at radius 3 is 2.20 bits per heavy atom. The number of alkyl halides is 3. The summed E-state index contributed by atoms with van der Waals surface area (Å²) in [4.78, 5) is 18.2. The molecule has 2 aromatic carbocycles. The van der Waals surface area contributed by atoms with E-state index in [-0.39, 0.29) is 37.3 Å². The predicted molar refractivity (Wildman–Crippen MR) is 131 cm³/mol. The lowest BCUT2D eigenvalue weighted by molar-refractivity contribution is -0.141. The minimum Gasteiger partial charge on any atom is -0.448 e. The molecular weight excluding hydrogens is 502 g/mol. The third kappa shape index (κ3) is 5.24. The van der Waals surface area contributed by atoms with Crippen LogP contribution in [0.5, 0.6) is 0 Å². The lowest BCUT2D eigenvalue weighted by Crippen LogP contribution is -2.49. The van der Waals surface area contributed by atoms with E-state index in [4.69, 9.17) is 4.74 Å². The Hall–Kier alpha value is -2.81. The Balaban J connectivity index is 0.00000171. The van der Waals surface area contributed by atoms with Crippen molar-refractivity contribution in [1.82, 2.24) is 15.2 Å². The van der Waals surface area contributed by atoms with Gasteiger partial charge in [-0.1, -0.05) is 54.6 Å². The van der Waals surface area contributed by atoms with Crippen LogP contribution in [0.1, 0.15) is 34.3 Å². The second kappa shape index (κ2) is 10.8. The largest absolute Gasteiger partial charge is 0.448 e. The van der Waals surface area contributed by atoms with E-state index in [0.29, 0.717) is 25.2 Å². The smallest absolute Gasteiger partial charge is 0.433 e. The number of pyridine rings is 1. The van der Waals surface area contributed by atoms with Gasteiger partial charge in [0.05, 0.1) is 6.04 Å². The highest BCUT2D eigenvalue weighted by Crippen LogP contribution is 2.44. The molecule has 3 aromatic rings. The summed E-state index contributed by atoms with van der Waals surface area (Å²) >= 11 is 0. The maximum atomic E-state index is 13.1. The van der Waals surface area contributed by atoms with Crippen molar-refractivity contribution in [2.24, 2.45) is 0 Å². The minimum absolute atomic E-state index is 0. The van der Waals surface area contributed by atoms with Gasteiger partial charge >= 0.3 is 12.3 Å². The Labute approximate surface area is 213 Å². The van der Waals surface area contributed by atoms with Crippen LogP contribution in [-0.4, -0.2) is 42.2 Å². The normalized spacial score (nSPS) is 17.0. The zero-order valence-corrected chi connectivity index (χ0v) is 20.1. The van der Waals surface area contributed by atoms with E-state index in [1.165, 1.54) is 12.3 Å². The molecule has 1 atom stereocenters. The number of piperazine rings is 1. The van der Waals surface area contributed by atoms with E-state index < -0.39 is 24.0 Å². The second-order valence-electron chi connectivity index (χ2n) is 8.19. The quantitative estimate of drug-likeness (QED) is 0.466. The average Bonchev–Trinajstić information content (AvgIpc) is 3.16. The number of carbonyl (C=O) groups excluding carboxylic acids is 1. The fourth-order valence-electron chi connectivity index (χ4n) is 4.67. The van der Waals surface area contributed by atoms with Gasteiger partial charge in [-0.05, 0) is 33.9 Å². The highest BCUT2D eigenvalue weighted by atomic mass is 35.5. The van der Waals surface area contributed by atoms with Crippen molar-refractivity contribution in [1.29, 1.82) is 0 Å². The van der Waals surface area contributed by atoms with Crippen molar-refractivity contribution in [3.63, 3.8) is 0 Å². The third-order valence-corrected chi connectivity index (χ3v) is 6.28. The maximum absolute atomic E-state index is 13.1. The van der Waals surface area contributed by atoms with E-state index in [2.05, 4.69) is 34.6 Å². The van der Waals surface area contributed by atoms with Gasteiger partial charge in [0.25, 0.3) is 0 Å². The molecule has 5 rings (SSSR count). The number of hydrogen-bond acceptors (Lipinski definition) is 4. The number of hydrogen-bond donors (Lipinski definition) is 1. The van der Waals surface area contributed by atoms with Gasteiger partial charge in [0.2, 0.25) is 0 Å². The Morgan fingerprint density at radius 1 is 1.00 bits per heavy atom. The van der Waals surface area contributed by atoms with Crippen LogP contribution in [0.15, 0.2) is 66.9 Å². The monoisotopic (exact) mass is 525 g/mol. The number of aromatic nitrogens is 1. The third-order valence-electron chi connectivity index (χ3n) is 6.28. The van der Waals surface area contributed by atoms with Crippen molar-refractivity contribution in [2.45, 2.75) is 18.1 Å². The van der Waals surface area contributed by atoms with Gasteiger partial charge in [0, 0.05) is 31.7 Å². The van der Waals surface area contributed by atoms with Crippen molar-refractivity contribution in [3.8, 4) is 11.1 Å². The minimum atomic E-state index is -4.50. The van der Waals surface area contributed by atoms with Gasteiger partial charge in [0.15, 0.2) is 0 Å². The van der Waals surface area contributed by atoms with Crippen molar-refractivity contribution in [3.05, 3.63) is 89.2 Å². The molecule has 0 spiro atoms. The first-order valence-corrected chi connectivity index (χ1v) is 10.8. The molecule has 2 aliphatic rings. The standard InChI is InChI=1S/C25H22F3N3O2.2ClH/c26-25(27,28)23-10-9-16(13-30-23)22-14-29-11-12-31(22)24(32)33-15-21-19-7-3-1-5-17(19)18-6-2-4-8-20(18)21;;/h1-10,13,21-22,29H,11-12,14-15H2;2*1H. The molecule has 5 nitrogen and oxygen atoms in total. The van der Waals surface area contributed by atoms with Gasteiger partial charge in [0.1, 0.15) is 12.3 Å². The number of halogens is 5. The Morgan fingerprint density at radius 2 is 1.63 bits per heavy atom. The summed E-state index contributed by atoms with van der Waals surface area (Å²) in [5.41, 5.74) is 4.10. The maximum Gasteiger partial charge on any atom is 0.433 e. The number of nitrogens with zero attached hydrogens (tertiary/aromatic N) is 2. The molecule has 1 saturated heterocycles. The molecular formula is C25H24Cl2F3N3O2. The number of amides is 1. The van der Waals surface area contributed by atoms with E-state index in [9.17, 15) is 18.0 Å². The Kier molecular flexibility index (Phi) is 8.30. The Bertz CT molecular complexity index is 1130. The van der Waals surface area contributed by atoms with Crippen LogP contribution in [0.2, 0.25) is 0 Å². The molecule has 10 heteroatoms. The number of benzene rings is 2. The molecule has 1 aliphatic carbocycles. The molecule has 2 heterocycles. The van der Waals surface area contributed by atoms with Gasteiger partial charge in [-0.3, -0.25) is 9.88 Å². The van der Waals surface area contributed by atoms with E-state index in [1.54, 1.807) is 4.90 Å². The van der Waals surface area contributed by atoms with E-state index in [0.717, 1.165) is 28.3 Å². The van der Waals surface area contributed by atoms with Gasteiger partial charge in [-0.2, -0.15) is 13.2 Å². The highest BCUT2D eigenvalue weighted by molar-refractivity contribution is 5.85. The van der Waals surface area contributed by atoms with E-state index >= 15 is 0 Å². The van der Waals surface area contributed by atoms with Crippen LogP contribution < -0.4 is 5.32 Å². The molecule has 186 valence electrons. The molecule has 0 bridgehead atoms. The SMILES string of the molecule is Cl.Cl.O=C(OCC1c2ccccc2-c2ccccc21)N1CCNCC1c1ccc(C(F)(F)F)nc1. The van der Waals surface area contributed by atoms with Gasteiger partial charge in [-0.25, -0.2) is 4.79 Å². The summed E-state index contributed by atoms with van der Waals surface area (Å²) < 4.78 is 44.4. The first-order valence-electron chi connectivity index (χ1n) is 10.8. The summed E-state index contributed by atoms with van der Waals surface area (Å²) in [6, 6.07) is 18.0. The molecule has 1 amide bonds. The van der Waals surface area contributed by atoms with Crippen molar-refractivity contribution in [2.75, 3.05) is 26.2 Å². The van der Waals surface area contributed by atoms with Crippen LogP contribution in [0.3, 0.4) is 0 Å². The summed E-state index contributed by atoms with van der Waals surface area (Å²) in [6.45, 7) is 1.57. The predicted octanol–water partition coefficient (Wildman–Crippen LogP) is 5.84. The fraction of sp³-hybridized carbons (Fsp3) is 0.280. The van der Waals surface area contributed by atoms with Crippen LogP contribution in [0, 0.1) is 0 Å². The molecule has 35 heavy (non-hydrogen) atoms. The molecule has 0 radical (unpaired) electrons. The van der Waals surface area contributed by atoms with Crippen LogP contribution in [-0.2, 0) is 10.9 Å². The molecule has 1 N–H and O–H groups in total. The topological polar surface area (TPSA) is 54.5 Å². The van der Waals surface area contributed by atoms with Gasteiger partial charge in [-0.15, -0.1) is 24.8 Å². The average molecular weight is 526 g/mol. The lowest BCUT2D eigenvalue weighted by atomic mass is 9.98. The molecule has 1 aliphatic heterocycles. The highest BCUT2D eigenvalue weighted by Gasteiger charge is 2.35. The van der Waals surface area contributed by atoms with E-state index in [1.807, 2.05) is 24.3 Å². The zero-order chi connectivity index (χ0) is 23.0. The summed E-state index contributed by atoms with van der Waals surface area (Å²) in [7, 11) is 0. The van der Waals surface area contributed by atoms with Crippen LogP contribution in [0.25, 0.3) is 11.1 Å². The summed E-state index contributed by atoms with van der Waals surface area (Å²) in [5, 5.41) is 3.19. The summed E-state index contributed by atoms with van der Waals surface area (Å²) in [6.07, 6.45) is -3.80. The number of fused-ring (bicyclic) bond motifs is 3. The second-order valence-corrected chi connectivity index (χ2v) is 8.19. The first kappa shape index (κ1) is 26.8. The van der Waals surface area contributed by atoms with Gasteiger partial charge < -0.3 is 10.1 Å². The molecule has 1 aromatic heterocycles. The van der Waals surface area contributed by atoms with Crippen molar-refractivity contribution >= 4 is 30.9 Å². The van der Waals surface area contributed by atoms with Crippen LogP contribution >= 0.6 is 24.8 Å². The number of rotatable bonds is 3. The molecule has 1 unspecified atom stereocenters. The number of carbonyl (C=O) groups is 1. The molecule has 1 fully saturated rings. The van der Waals surface area contributed by atoms with Crippen LogP contribution in [0.4, 0.5) is 18.0 Å². The lowest BCUT2D eigenvalue weighted by Gasteiger charge is -2.35. The first-order chi connectivity index (χ1) is 15.9. The fourth-order valence-corrected chi connectivity index (χ4v) is 4.67.